The lowest BCUT2D eigenvalue weighted by Crippen LogP contribution is -2.19. The first kappa shape index (κ1) is 17.2. The van der Waals surface area contributed by atoms with Crippen LogP contribution in [0, 0.1) is 5.92 Å². The summed E-state index contributed by atoms with van der Waals surface area (Å²) in [5, 5.41) is 7.87. The number of unbranched alkanes of at least 4 members (excludes halogenated alkanes) is 6. The molecular formula is C16H32N4. The molecule has 1 N–H and O–H groups in total. The minimum Gasteiger partial charge on any atom is -0.310 e. The SMILES string of the molecule is CCCCCCCCCn1cnc(CNCC(C)C)n1. The number of aromatic nitrogens is 3. The van der Waals surface area contributed by atoms with E-state index < -0.39 is 0 Å². The lowest BCUT2D eigenvalue weighted by atomic mass is 10.1. The van der Waals surface area contributed by atoms with Crippen molar-refractivity contribution >= 4 is 0 Å². The second-order valence-corrected chi connectivity index (χ2v) is 6.07. The van der Waals surface area contributed by atoms with E-state index in [0.717, 1.165) is 25.5 Å². The molecule has 0 unspecified atom stereocenters. The largest absolute Gasteiger partial charge is 0.310 e. The summed E-state index contributed by atoms with van der Waals surface area (Å²) in [5.74, 6) is 1.58. The van der Waals surface area contributed by atoms with Gasteiger partial charge in [-0.3, -0.25) is 4.68 Å². The van der Waals surface area contributed by atoms with Crippen molar-refractivity contribution in [2.75, 3.05) is 6.54 Å². The van der Waals surface area contributed by atoms with Crippen LogP contribution in [-0.2, 0) is 13.1 Å². The van der Waals surface area contributed by atoms with E-state index in [-0.39, 0.29) is 0 Å². The van der Waals surface area contributed by atoms with Gasteiger partial charge >= 0.3 is 0 Å². The maximum Gasteiger partial charge on any atom is 0.164 e. The first-order valence-corrected chi connectivity index (χ1v) is 8.31. The van der Waals surface area contributed by atoms with Crippen LogP contribution in [0.5, 0.6) is 0 Å². The predicted octanol–water partition coefficient (Wildman–Crippen LogP) is 3.77. The number of rotatable bonds is 12. The molecule has 0 radical (unpaired) electrons. The molecule has 0 saturated heterocycles. The highest BCUT2D eigenvalue weighted by atomic mass is 15.3. The minimum atomic E-state index is 0.671. The highest BCUT2D eigenvalue weighted by Gasteiger charge is 2.01. The van der Waals surface area contributed by atoms with Crippen LogP contribution < -0.4 is 5.32 Å². The third-order valence-corrected chi connectivity index (χ3v) is 3.41. The lowest BCUT2D eigenvalue weighted by Gasteiger charge is -2.04. The van der Waals surface area contributed by atoms with Crippen molar-refractivity contribution in [1.82, 2.24) is 20.1 Å². The quantitative estimate of drug-likeness (QED) is 0.593. The molecule has 0 saturated carbocycles. The van der Waals surface area contributed by atoms with Gasteiger partial charge in [0.1, 0.15) is 6.33 Å². The summed E-state index contributed by atoms with van der Waals surface area (Å²) in [6.07, 6.45) is 11.2. The molecule has 20 heavy (non-hydrogen) atoms. The van der Waals surface area contributed by atoms with Gasteiger partial charge in [-0.2, -0.15) is 5.10 Å². The number of hydrogen-bond acceptors (Lipinski definition) is 3. The summed E-state index contributed by atoms with van der Waals surface area (Å²) in [6, 6.07) is 0. The number of nitrogens with one attached hydrogen (secondary N) is 1. The Kier molecular flexibility index (Phi) is 9.29. The Balaban J connectivity index is 2.05. The lowest BCUT2D eigenvalue weighted by molar-refractivity contribution is 0.511. The van der Waals surface area contributed by atoms with E-state index in [1.807, 2.05) is 11.0 Å². The molecule has 4 nitrogen and oxygen atoms in total. The van der Waals surface area contributed by atoms with Crippen molar-refractivity contribution in [3.8, 4) is 0 Å². The van der Waals surface area contributed by atoms with Crippen LogP contribution in [0.25, 0.3) is 0 Å². The Morgan fingerprint density at radius 3 is 2.50 bits per heavy atom. The Labute approximate surface area is 124 Å². The Morgan fingerprint density at radius 1 is 1.10 bits per heavy atom. The topological polar surface area (TPSA) is 42.7 Å². The van der Waals surface area contributed by atoms with E-state index in [9.17, 15) is 0 Å². The molecule has 0 aliphatic heterocycles. The van der Waals surface area contributed by atoms with Gasteiger partial charge in [-0.05, 0) is 18.9 Å². The van der Waals surface area contributed by atoms with Gasteiger partial charge < -0.3 is 5.32 Å². The average molecular weight is 280 g/mol. The van der Waals surface area contributed by atoms with E-state index in [1.54, 1.807) is 0 Å². The standard InChI is InChI=1S/C16H32N4/c1-4-5-6-7-8-9-10-11-20-14-18-16(19-20)13-17-12-15(2)3/h14-15,17H,4-13H2,1-3H3. The van der Waals surface area contributed by atoms with Gasteiger partial charge in [0, 0.05) is 6.54 Å². The zero-order valence-electron chi connectivity index (χ0n) is 13.6. The Morgan fingerprint density at radius 2 is 1.80 bits per heavy atom. The summed E-state index contributed by atoms with van der Waals surface area (Å²) in [6.45, 7) is 9.48. The van der Waals surface area contributed by atoms with Crippen molar-refractivity contribution in [3.63, 3.8) is 0 Å². The van der Waals surface area contributed by atoms with Gasteiger partial charge in [-0.25, -0.2) is 4.98 Å². The Bertz CT molecular complexity index is 333. The molecule has 0 spiro atoms. The summed E-state index contributed by atoms with van der Waals surface area (Å²) in [7, 11) is 0. The molecule has 1 heterocycles. The van der Waals surface area contributed by atoms with Crippen LogP contribution >= 0.6 is 0 Å². The maximum absolute atomic E-state index is 4.50. The molecule has 1 aromatic heterocycles. The van der Waals surface area contributed by atoms with Crippen molar-refractivity contribution in [2.45, 2.75) is 78.8 Å². The van der Waals surface area contributed by atoms with E-state index >= 15 is 0 Å². The third-order valence-electron chi connectivity index (χ3n) is 3.41. The second kappa shape index (κ2) is 10.8. The molecule has 0 atom stereocenters. The molecule has 1 aromatic rings. The normalized spacial score (nSPS) is 11.4. The highest BCUT2D eigenvalue weighted by molar-refractivity contribution is 4.80. The molecule has 116 valence electrons. The van der Waals surface area contributed by atoms with Gasteiger partial charge in [0.25, 0.3) is 0 Å². The molecule has 0 aliphatic carbocycles. The van der Waals surface area contributed by atoms with E-state index in [4.69, 9.17) is 0 Å². The third kappa shape index (κ3) is 8.31. The zero-order valence-corrected chi connectivity index (χ0v) is 13.6. The van der Waals surface area contributed by atoms with E-state index in [1.165, 1.54) is 44.9 Å². The van der Waals surface area contributed by atoms with Gasteiger partial charge in [-0.15, -0.1) is 0 Å². The second-order valence-electron chi connectivity index (χ2n) is 6.07. The van der Waals surface area contributed by atoms with Crippen molar-refractivity contribution < 1.29 is 0 Å². The smallest absolute Gasteiger partial charge is 0.164 e. The number of aryl methyl sites for hydroxylation is 1. The predicted molar refractivity (Wildman–Crippen MR) is 84.6 cm³/mol. The maximum atomic E-state index is 4.50. The molecule has 0 bridgehead atoms. The minimum absolute atomic E-state index is 0.671. The van der Waals surface area contributed by atoms with Crippen LogP contribution in [0.1, 0.15) is 71.5 Å². The van der Waals surface area contributed by atoms with Crippen molar-refractivity contribution in [2.24, 2.45) is 5.92 Å². The average Bonchev–Trinajstić information content (AvgIpc) is 2.85. The van der Waals surface area contributed by atoms with E-state index in [2.05, 4.69) is 36.2 Å². The highest BCUT2D eigenvalue weighted by Crippen LogP contribution is 2.07. The van der Waals surface area contributed by atoms with Crippen LogP contribution in [0.3, 0.4) is 0 Å². The molecule has 0 fully saturated rings. The van der Waals surface area contributed by atoms with E-state index in [0.29, 0.717) is 5.92 Å². The molecule has 4 heteroatoms. The van der Waals surface area contributed by atoms with Gasteiger partial charge in [-0.1, -0.05) is 59.3 Å². The summed E-state index contributed by atoms with van der Waals surface area (Å²) in [4.78, 5) is 4.34. The summed E-state index contributed by atoms with van der Waals surface area (Å²) < 4.78 is 1.98. The molecule has 1 rings (SSSR count). The first-order chi connectivity index (χ1) is 9.72. The molecule has 0 amide bonds. The monoisotopic (exact) mass is 280 g/mol. The Hall–Kier alpha value is -0.900. The fourth-order valence-corrected chi connectivity index (χ4v) is 2.23. The van der Waals surface area contributed by atoms with Gasteiger partial charge in [0.2, 0.25) is 0 Å². The van der Waals surface area contributed by atoms with Crippen LogP contribution in [0.4, 0.5) is 0 Å². The fraction of sp³-hybridized carbons (Fsp3) is 0.875. The number of nitrogens with zero attached hydrogens (tertiary/aromatic N) is 3. The summed E-state index contributed by atoms with van der Waals surface area (Å²) >= 11 is 0. The molecular weight excluding hydrogens is 248 g/mol. The zero-order chi connectivity index (χ0) is 14.6. The van der Waals surface area contributed by atoms with Crippen LogP contribution in [0.15, 0.2) is 6.33 Å². The number of hydrogen-bond donors (Lipinski definition) is 1. The van der Waals surface area contributed by atoms with Crippen LogP contribution in [0.2, 0.25) is 0 Å². The van der Waals surface area contributed by atoms with Gasteiger partial charge in [0.05, 0.1) is 6.54 Å². The van der Waals surface area contributed by atoms with Crippen molar-refractivity contribution in [3.05, 3.63) is 12.2 Å². The van der Waals surface area contributed by atoms with Crippen LogP contribution in [-0.4, -0.2) is 21.3 Å². The van der Waals surface area contributed by atoms with Gasteiger partial charge in [0.15, 0.2) is 5.82 Å². The molecule has 0 aliphatic rings. The van der Waals surface area contributed by atoms with Crippen molar-refractivity contribution in [1.29, 1.82) is 0 Å². The summed E-state index contributed by atoms with van der Waals surface area (Å²) in [5.41, 5.74) is 0. The first-order valence-electron chi connectivity index (χ1n) is 8.31. The fourth-order valence-electron chi connectivity index (χ4n) is 2.23. The molecule has 0 aromatic carbocycles.